The lowest BCUT2D eigenvalue weighted by molar-refractivity contribution is 0.166. The molecule has 0 aliphatic carbocycles. The maximum atomic E-state index is 13.3. The molecule has 18 heavy (non-hydrogen) atoms. The van der Waals surface area contributed by atoms with Gasteiger partial charge in [0.2, 0.25) is 0 Å². The van der Waals surface area contributed by atoms with Gasteiger partial charge < -0.3 is 10.4 Å². The van der Waals surface area contributed by atoms with Crippen LogP contribution in [-0.2, 0) is 0 Å². The molecule has 1 unspecified atom stereocenters. The summed E-state index contributed by atoms with van der Waals surface area (Å²) in [7, 11) is 0. The molecule has 0 spiro atoms. The fraction of sp³-hybridized carbons (Fsp3) is 0.385. The molecule has 0 saturated heterocycles. The average Bonchev–Trinajstić information content (AvgIpc) is 2.33. The van der Waals surface area contributed by atoms with Crippen molar-refractivity contribution in [1.82, 2.24) is 5.32 Å². The minimum Gasteiger partial charge on any atom is -0.387 e. The second-order valence-electron chi connectivity index (χ2n) is 3.61. The topological polar surface area (TPSA) is 32.3 Å². The summed E-state index contributed by atoms with van der Waals surface area (Å²) < 4.78 is 26.6. The second kappa shape index (κ2) is 8.09. The van der Waals surface area contributed by atoms with Crippen LogP contribution >= 0.6 is 11.8 Å². The van der Waals surface area contributed by atoms with Gasteiger partial charge in [-0.3, -0.25) is 0 Å². The zero-order valence-corrected chi connectivity index (χ0v) is 10.6. The van der Waals surface area contributed by atoms with E-state index in [4.69, 9.17) is 6.42 Å². The van der Waals surface area contributed by atoms with Crippen molar-refractivity contribution in [1.29, 1.82) is 0 Å². The molecule has 0 saturated carbocycles. The van der Waals surface area contributed by atoms with Crippen molar-refractivity contribution in [2.45, 2.75) is 6.10 Å². The summed E-state index contributed by atoms with van der Waals surface area (Å²) in [6.45, 7) is 0.730. The number of benzene rings is 1. The first-order valence-electron chi connectivity index (χ1n) is 5.50. The van der Waals surface area contributed by atoms with E-state index in [0.29, 0.717) is 12.3 Å². The lowest BCUT2D eigenvalue weighted by atomic mass is 10.1. The van der Waals surface area contributed by atoms with Crippen LogP contribution in [0.2, 0.25) is 0 Å². The fourth-order valence-electron chi connectivity index (χ4n) is 1.45. The number of terminal acetylenes is 1. The van der Waals surface area contributed by atoms with Crippen LogP contribution in [0.3, 0.4) is 0 Å². The van der Waals surface area contributed by atoms with Gasteiger partial charge in [-0.1, -0.05) is 12.0 Å². The number of thioether (sulfide) groups is 1. The van der Waals surface area contributed by atoms with E-state index in [9.17, 15) is 13.9 Å². The molecule has 2 N–H and O–H groups in total. The molecule has 0 aromatic heterocycles. The molecule has 1 aromatic rings. The van der Waals surface area contributed by atoms with Gasteiger partial charge in [0.25, 0.3) is 0 Å². The standard InChI is InChI=1S/C13H15F2NOS/c1-2-7-18-8-6-16-9-12(17)13-10(14)4-3-5-11(13)15/h1,3-5,12,16-17H,6-9H2. The molecule has 98 valence electrons. The molecule has 1 aromatic carbocycles. The Morgan fingerprint density at radius 2 is 2.06 bits per heavy atom. The summed E-state index contributed by atoms with van der Waals surface area (Å²) in [5, 5.41) is 12.6. The number of rotatable bonds is 7. The molecule has 0 amide bonds. The molecular formula is C13H15F2NOS. The summed E-state index contributed by atoms with van der Waals surface area (Å²) in [6, 6.07) is 3.53. The van der Waals surface area contributed by atoms with Crippen molar-refractivity contribution in [3.8, 4) is 12.3 Å². The predicted octanol–water partition coefficient (Wildman–Crippen LogP) is 1.95. The Kier molecular flexibility index (Phi) is 6.73. The van der Waals surface area contributed by atoms with Crippen molar-refractivity contribution < 1.29 is 13.9 Å². The zero-order valence-electron chi connectivity index (χ0n) is 9.83. The van der Waals surface area contributed by atoms with Crippen molar-refractivity contribution in [2.75, 3.05) is 24.6 Å². The smallest absolute Gasteiger partial charge is 0.131 e. The van der Waals surface area contributed by atoms with Crippen molar-refractivity contribution in [2.24, 2.45) is 0 Å². The Balaban J connectivity index is 2.37. The number of hydrogen-bond donors (Lipinski definition) is 2. The van der Waals surface area contributed by atoms with Crippen molar-refractivity contribution >= 4 is 11.8 Å². The highest BCUT2D eigenvalue weighted by Gasteiger charge is 2.16. The molecule has 2 nitrogen and oxygen atoms in total. The highest BCUT2D eigenvalue weighted by atomic mass is 32.2. The number of aliphatic hydroxyl groups excluding tert-OH is 1. The molecule has 0 aliphatic rings. The van der Waals surface area contributed by atoms with Gasteiger partial charge in [-0.15, -0.1) is 18.2 Å². The van der Waals surface area contributed by atoms with Gasteiger partial charge >= 0.3 is 0 Å². The number of aliphatic hydroxyl groups is 1. The van der Waals surface area contributed by atoms with Gasteiger partial charge in [0.15, 0.2) is 0 Å². The van der Waals surface area contributed by atoms with Crippen LogP contribution in [0.25, 0.3) is 0 Å². The average molecular weight is 271 g/mol. The highest BCUT2D eigenvalue weighted by molar-refractivity contribution is 7.99. The molecule has 1 atom stereocenters. The second-order valence-corrected chi connectivity index (χ2v) is 4.72. The van der Waals surface area contributed by atoms with Crippen LogP contribution in [-0.4, -0.2) is 29.7 Å². The summed E-state index contributed by atoms with van der Waals surface area (Å²) in [4.78, 5) is 0. The number of halogens is 2. The molecule has 1 rings (SSSR count). The van der Waals surface area contributed by atoms with Gasteiger partial charge in [-0.05, 0) is 12.1 Å². The third kappa shape index (κ3) is 4.65. The van der Waals surface area contributed by atoms with Crippen LogP contribution in [0.4, 0.5) is 8.78 Å². The fourth-order valence-corrected chi connectivity index (χ4v) is 2.00. The summed E-state index contributed by atoms with van der Waals surface area (Å²) in [5.41, 5.74) is -0.290. The lowest BCUT2D eigenvalue weighted by Crippen LogP contribution is -2.25. The van der Waals surface area contributed by atoms with E-state index in [1.54, 1.807) is 11.8 Å². The number of hydrogen-bond acceptors (Lipinski definition) is 3. The molecule has 0 aliphatic heterocycles. The van der Waals surface area contributed by atoms with E-state index in [-0.39, 0.29) is 12.1 Å². The summed E-state index contributed by atoms with van der Waals surface area (Å²) in [5.74, 6) is 2.45. The third-order valence-electron chi connectivity index (χ3n) is 2.28. The maximum absolute atomic E-state index is 13.3. The molecule has 5 heteroatoms. The lowest BCUT2D eigenvalue weighted by Gasteiger charge is -2.13. The molecular weight excluding hydrogens is 256 g/mol. The van der Waals surface area contributed by atoms with Crippen molar-refractivity contribution in [3.05, 3.63) is 35.4 Å². The van der Waals surface area contributed by atoms with Crippen LogP contribution in [0.5, 0.6) is 0 Å². The zero-order chi connectivity index (χ0) is 13.4. The van der Waals surface area contributed by atoms with Crippen LogP contribution in [0.1, 0.15) is 11.7 Å². The Bertz CT molecular complexity index is 400. The normalized spacial score (nSPS) is 12.1. The van der Waals surface area contributed by atoms with E-state index in [0.717, 1.165) is 17.9 Å². The van der Waals surface area contributed by atoms with E-state index in [1.807, 2.05) is 0 Å². The van der Waals surface area contributed by atoms with Gasteiger partial charge in [0, 0.05) is 18.8 Å². The minimum atomic E-state index is -1.19. The van der Waals surface area contributed by atoms with Gasteiger partial charge in [-0.25, -0.2) is 8.78 Å². The van der Waals surface area contributed by atoms with Crippen LogP contribution in [0, 0.1) is 24.0 Å². The first-order valence-corrected chi connectivity index (χ1v) is 6.66. The third-order valence-corrected chi connectivity index (χ3v) is 3.14. The monoisotopic (exact) mass is 271 g/mol. The Labute approximate surface area is 110 Å². The maximum Gasteiger partial charge on any atom is 0.131 e. The first-order chi connectivity index (χ1) is 8.66. The molecule has 0 fully saturated rings. The number of nitrogens with one attached hydrogen (secondary N) is 1. The van der Waals surface area contributed by atoms with Gasteiger partial charge in [0.05, 0.1) is 17.4 Å². The van der Waals surface area contributed by atoms with Crippen LogP contribution in [0.15, 0.2) is 18.2 Å². The van der Waals surface area contributed by atoms with E-state index >= 15 is 0 Å². The molecule has 0 radical (unpaired) electrons. The SMILES string of the molecule is C#CCSCCNCC(O)c1c(F)cccc1F. The Hall–Kier alpha value is -1.09. The largest absolute Gasteiger partial charge is 0.387 e. The van der Waals surface area contributed by atoms with Gasteiger partial charge in [0.1, 0.15) is 11.6 Å². The van der Waals surface area contributed by atoms with Crippen LogP contribution < -0.4 is 5.32 Å². The van der Waals surface area contributed by atoms with Crippen molar-refractivity contribution in [3.63, 3.8) is 0 Å². The minimum absolute atomic E-state index is 0.106. The molecule has 0 bridgehead atoms. The van der Waals surface area contributed by atoms with E-state index < -0.39 is 17.7 Å². The van der Waals surface area contributed by atoms with Gasteiger partial charge in [-0.2, -0.15) is 0 Å². The predicted molar refractivity (Wildman–Crippen MR) is 70.3 cm³/mol. The van der Waals surface area contributed by atoms with E-state index in [2.05, 4.69) is 11.2 Å². The summed E-state index contributed by atoms with van der Waals surface area (Å²) in [6.07, 6.45) is 3.90. The highest BCUT2D eigenvalue weighted by Crippen LogP contribution is 2.19. The Morgan fingerprint density at radius 1 is 1.39 bits per heavy atom. The Morgan fingerprint density at radius 3 is 2.67 bits per heavy atom. The first kappa shape index (κ1) is 15.0. The summed E-state index contributed by atoms with van der Waals surface area (Å²) >= 11 is 1.58. The van der Waals surface area contributed by atoms with E-state index in [1.165, 1.54) is 6.07 Å². The molecule has 0 heterocycles. The quantitative estimate of drug-likeness (QED) is 0.587.